The van der Waals surface area contributed by atoms with Gasteiger partial charge in [-0.3, -0.25) is 4.79 Å². The second-order valence-electron chi connectivity index (χ2n) is 6.10. The molecule has 0 unspecified atom stereocenters. The van der Waals surface area contributed by atoms with Crippen molar-refractivity contribution in [2.24, 2.45) is 5.41 Å². The number of hydrogen-bond donors (Lipinski definition) is 2. The highest BCUT2D eigenvalue weighted by Gasteiger charge is 2.39. The van der Waals surface area contributed by atoms with Gasteiger partial charge in [0.1, 0.15) is 11.5 Å². The van der Waals surface area contributed by atoms with Gasteiger partial charge < -0.3 is 24.8 Å². The summed E-state index contributed by atoms with van der Waals surface area (Å²) in [6, 6.07) is 7.51. The van der Waals surface area contributed by atoms with Gasteiger partial charge in [0, 0.05) is 19.7 Å². The van der Waals surface area contributed by atoms with Gasteiger partial charge in [-0.15, -0.1) is 0 Å². The fourth-order valence-corrected chi connectivity index (χ4v) is 2.96. The summed E-state index contributed by atoms with van der Waals surface area (Å²) in [4.78, 5) is 12.6. The number of carbonyl (C=O) groups is 1. The zero-order chi connectivity index (χ0) is 17.3. The minimum Gasteiger partial charge on any atom is -0.497 e. The molecule has 134 valence electrons. The number of methoxy groups -OCH3 is 2. The molecular formula is C18H28N2O4. The monoisotopic (exact) mass is 336 g/mol. The van der Waals surface area contributed by atoms with Crippen molar-refractivity contribution in [3.8, 4) is 11.5 Å². The van der Waals surface area contributed by atoms with Crippen molar-refractivity contribution in [2.45, 2.75) is 19.3 Å². The zero-order valence-corrected chi connectivity index (χ0v) is 14.6. The van der Waals surface area contributed by atoms with Crippen molar-refractivity contribution >= 4 is 5.91 Å². The third-order valence-corrected chi connectivity index (χ3v) is 4.38. The molecular weight excluding hydrogens is 308 g/mol. The zero-order valence-electron chi connectivity index (χ0n) is 14.6. The van der Waals surface area contributed by atoms with Gasteiger partial charge >= 0.3 is 0 Å². The molecule has 1 amide bonds. The van der Waals surface area contributed by atoms with Crippen LogP contribution in [0, 0.1) is 5.41 Å². The number of piperidine rings is 1. The smallest absolute Gasteiger partial charge is 0.228 e. The standard InChI is InChI=1S/C18H28N2O4/c1-22-14-18(7-10-19-11-8-18)17(21)20-9-4-12-24-16-6-3-5-15(13-16)23-2/h3,5-6,13,19H,4,7-12,14H2,1-2H3,(H,20,21). The van der Waals surface area contributed by atoms with E-state index >= 15 is 0 Å². The molecule has 0 spiro atoms. The molecule has 6 nitrogen and oxygen atoms in total. The van der Waals surface area contributed by atoms with Crippen molar-refractivity contribution in [1.29, 1.82) is 0 Å². The molecule has 6 heteroatoms. The first-order valence-electron chi connectivity index (χ1n) is 8.45. The predicted octanol–water partition coefficient (Wildman–Crippen LogP) is 1.60. The summed E-state index contributed by atoms with van der Waals surface area (Å²) in [6.07, 6.45) is 2.38. The van der Waals surface area contributed by atoms with Crippen LogP contribution in [-0.4, -0.2) is 53.0 Å². The maximum absolute atomic E-state index is 12.6. The lowest BCUT2D eigenvalue weighted by molar-refractivity contribution is -0.136. The number of benzene rings is 1. The molecule has 1 saturated heterocycles. The normalized spacial score (nSPS) is 16.4. The minimum absolute atomic E-state index is 0.0900. The molecule has 1 aliphatic heterocycles. The quantitative estimate of drug-likeness (QED) is 0.671. The van der Waals surface area contributed by atoms with Crippen LogP contribution in [0.1, 0.15) is 19.3 Å². The highest BCUT2D eigenvalue weighted by Crippen LogP contribution is 2.29. The number of rotatable bonds is 9. The lowest BCUT2D eigenvalue weighted by Crippen LogP contribution is -2.50. The third kappa shape index (κ3) is 5.11. The molecule has 0 aromatic heterocycles. The lowest BCUT2D eigenvalue weighted by Gasteiger charge is -2.35. The summed E-state index contributed by atoms with van der Waals surface area (Å²) in [6.45, 7) is 3.33. The summed E-state index contributed by atoms with van der Waals surface area (Å²) in [7, 11) is 3.28. The van der Waals surface area contributed by atoms with Gasteiger partial charge in [0.2, 0.25) is 5.91 Å². The van der Waals surface area contributed by atoms with Crippen LogP contribution in [0.15, 0.2) is 24.3 Å². The molecule has 1 aromatic rings. The van der Waals surface area contributed by atoms with Crippen LogP contribution in [0.4, 0.5) is 0 Å². The van der Waals surface area contributed by atoms with Crippen molar-refractivity contribution in [1.82, 2.24) is 10.6 Å². The van der Waals surface area contributed by atoms with Crippen LogP contribution in [0.5, 0.6) is 11.5 Å². The number of nitrogens with one attached hydrogen (secondary N) is 2. The van der Waals surface area contributed by atoms with E-state index in [9.17, 15) is 4.79 Å². The maximum Gasteiger partial charge on any atom is 0.228 e. The number of ether oxygens (including phenoxy) is 3. The Kier molecular flexibility index (Phi) is 7.34. The summed E-state index contributed by atoms with van der Waals surface area (Å²) in [5.41, 5.74) is -0.395. The molecule has 0 saturated carbocycles. The Morgan fingerprint density at radius 1 is 1.25 bits per heavy atom. The van der Waals surface area contributed by atoms with Crippen molar-refractivity contribution in [3.05, 3.63) is 24.3 Å². The minimum atomic E-state index is -0.395. The lowest BCUT2D eigenvalue weighted by atomic mass is 9.78. The van der Waals surface area contributed by atoms with E-state index in [4.69, 9.17) is 14.2 Å². The molecule has 0 radical (unpaired) electrons. The van der Waals surface area contributed by atoms with E-state index in [0.717, 1.165) is 43.9 Å². The van der Waals surface area contributed by atoms with Crippen molar-refractivity contribution < 1.29 is 19.0 Å². The van der Waals surface area contributed by atoms with Gasteiger partial charge in [-0.1, -0.05) is 6.07 Å². The molecule has 2 N–H and O–H groups in total. The van der Waals surface area contributed by atoms with Gasteiger partial charge in [-0.2, -0.15) is 0 Å². The Morgan fingerprint density at radius 2 is 2.00 bits per heavy atom. The summed E-state index contributed by atoms with van der Waals surface area (Å²) >= 11 is 0. The average Bonchev–Trinajstić information content (AvgIpc) is 2.62. The molecule has 24 heavy (non-hydrogen) atoms. The first-order valence-corrected chi connectivity index (χ1v) is 8.45. The van der Waals surface area contributed by atoms with E-state index in [1.54, 1.807) is 14.2 Å². The molecule has 0 atom stereocenters. The van der Waals surface area contributed by atoms with Crippen molar-refractivity contribution in [3.63, 3.8) is 0 Å². The van der Waals surface area contributed by atoms with Crippen LogP contribution >= 0.6 is 0 Å². The van der Waals surface area contributed by atoms with E-state index in [-0.39, 0.29) is 5.91 Å². The number of amides is 1. The van der Waals surface area contributed by atoms with Gasteiger partial charge in [0.15, 0.2) is 0 Å². The predicted molar refractivity (Wildman–Crippen MR) is 92.5 cm³/mol. The van der Waals surface area contributed by atoms with Gasteiger partial charge in [-0.05, 0) is 44.5 Å². The second kappa shape index (κ2) is 9.49. The average molecular weight is 336 g/mol. The summed E-state index contributed by atoms with van der Waals surface area (Å²) in [5, 5.41) is 6.33. The van der Waals surface area contributed by atoms with Gasteiger partial charge in [0.25, 0.3) is 0 Å². The largest absolute Gasteiger partial charge is 0.497 e. The van der Waals surface area contributed by atoms with E-state index in [0.29, 0.717) is 19.8 Å². The van der Waals surface area contributed by atoms with Gasteiger partial charge in [-0.25, -0.2) is 0 Å². The van der Waals surface area contributed by atoms with E-state index < -0.39 is 5.41 Å². The summed E-state index contributed by atoms with van der Waals surface area (Å²) < 4.78 is 16.1. The molecule has 1 heterocycles. The molecule has 1 fully saturated rings. The number of hydrogen-bond acceptors (Lipinski definition) is 5. The second-order valence-corrected chi connectivity index (χ2v) is 6.10. The molecule has 0 aliphatic carbocycles. The molecule has 2 rings (SSSR count). The highest BCUT2D eigenvalue weighted by molar-refractivity contribution is 5.83. The van der Waals surface area contributed by atoms with E-state index in [2.05, 4.69) is 10.6 Å². The van der Waals surface area contributed by atoms with Crippen LogP contribution in [0.25, 0.3) is 0 Å². The topological polar surface area (TPSA) is 68.8 Å². The third-order valence-electron chi connectivity index (χ3n) is 4.38. The molecule has 1 aromatic carbocycles. The number of carbonyl (C=O) groups excluding carboxylic acids is 1. The van der Waals surface area contributed by atoms with Crippen LogP contribution in [0.3, 0.4) is 0 Å². The Bertz CT molecular complexity index is 510. The van der Waals surface area contributed by atoms with Crippen LogP contribution in [0.2, 0.25) is 0 Å². The summed E-state index contributed by atoms with van der Waals surface area (Å²) in [5.74, 6) is 1.63. The van der Waals surface area contributed by atoms with E-state index in [1.165, 1.54) is 0 Å². The Morgan fingerprint density at radius 3 is 2.71 bits per heavy atom. The fourth-order valence-electron chi connectivity index (χ4n) is 2.96. The van der Waals surface area contributed by atoms with Crippen molar-refractivity contribution in [2.75, 3.05) is 47.1 Å². The van der Waals surface area contributed by atoms with Crippen LogP contribution in [-0.2, 0) is 9.53 Å². The first-order chi connectivity index (χ1) is 11.7. The molecule has 0 bridgehead atoms. The van der Waals surface area contributed by atoms with E-state index in [1.807, 2.05) is 24.3 Å². The highest BCUT2D eigenvalue weighted by atomic mass is 16.5. The Hall–Kier alpha value is -1.79. The SMILES string of the molecule is COCC1(C(=O)NCCCOc2cccc(OC)c2)CCNCC1. The van der Waals surface area contributed by atoms with Gasteiger partial charge in [0.05, 0.1) is 25.7 Å². The van der Waals surface area contributed by atoms with Crippen LogP contribution < -0.4 is 20.1 Å². The maximum atomic E-state index is 12.6. The Labute approximate surface area is 143 Å². The first kappa shape index (κ1) is 18.5. The Balaban J connectivity index is 1.71. The molecule has 1 aliphatic rings. The fraction of sp³-hybridized carbons (Fsp3) is 0.611.